The average Bonchev–Trinajstić information content (AvgIpc) is 2.14. The molecule has 0 amide bonds. The quantitative estimate of drug-likeness (QED) is 0.561. The molecule has 0 unspecified atom stereocenters. The highest BCUT2D eigenvalue weighted by Gasteiger charge is 2.13. The zero-order valence-electron chi connectivity index (χ0n) is 8.27. The first-order chi connectivity index (χ1) is 6.77. The second-order valence-electron chi connectivity index (χ2n) is 2.84. The third-order valence-electron chi connectivity index (χ3n) is 1.68. The molecule has 0 saturated heterocycles. The first kappa shape index (κ1) is 12.9. The first-order valence-corrected chi connectivity index (χ1v) is 3.93. The van der Waals surface area contributed by atoms with Crippen molar-refractivity contribution in [3.63, 3.8) is 0 Å². The molecule has 0 aromatic rings. The van der Waals surface area contributed by atoms with Crippen LogP contribution in [0.4, 0.5) is 0 Å². The van der Waals surface area contributed by atoms with Gasteiger partial charge < -0.3 is 15.9 Å². The van der Waals surface area contributed by atoms with E-state index in [1.54, 1.807) is 0 Å². The van der Waals surface area contributed by atoms with Crippen LogP contribution in [0.25, 0.3) is 0 Å². The maximum absolute atomic E-state index is 11.2. The predicted octanol–water partition coefficient (Wildman–Crippen LogP) is -0.0963. The summed E-state index contributed by atoms with van der Waals surface area (Å²) in [7, 11) is 0. The number of carboxylic acids is 2. The molecule has 15 heavy (non-hydrogen) atoms. The molecule has 0 aliphatic carbocycles. The van der Waals surface area contributed by atoms with Gasteiger partial charge in [-0.2, -0.15) is 0 Å². The van der Waals surface area contributed by atoms with Gasteiger partial charge in [0.25, 0.3) is 0 Å². The minimum atomic E-state index is -1.32. The third-order valence-corrected chi connectivity index (χ3v) is 1.68. The van der Waals surface area contributed by atoms with Gasteiger partial charge in [-0.05, 0) is 19.9 Å². The maximum Gasteiger partial charge on any atom is 0.333 e. The van der Waals surface area contributed by atoms with E-state index in [0.717, 1.165) is 6.08 Å². The second kappa shape index (κ2) is 4.94. The van der Waals surface area contributed by atoms with Crippen LogP contribution < -0.4 is 5.73 Å². The van der Waals surface area contributed by atoms with Gasteiger partial charge in [0.2, 0.25) is 5.78 Å². The van der Waals surface area contributed by atoms with Gasteiger partial charge >= 0.3 is 11.9 Å². The molecular formula is C9H11NO5. The van der Waals surface area contributed by atoms with Gasteiger partial charge in [-0.1, -0.05) is 0 Å². The van der Waals surface area contributed by atoms with Crippen molar-refractivity contribution in [3.05, 3.63) is 22.9 Å². The lowest BCUT2D eigenvalue weighted by Crippen LogP contribution is -2.16. The Hall–Kier alpha value is -2.11. The molecule has 0 radical (unpaired) electrons. The van der Waals surface area contributed by atoms with Crippen molar-refractivity contribution in [3.8, 4) is 0 Å². The van der Waals surface area contributed by atoms with E-state index in [1.807, 2.05) is 0 Å². The second-order valence-corrected chi connectivity index (χ2v) is 2.84. The number of aliphatic carboxylic acids is 2. The largest absolute Gasteiger partial charge is 0.478 e. The number of carbonyl (C=O) groups excluding carboxylic acids is 1. The highest BCUT2D eigenvalue weighted by Crippen LogP contribution is 2.02. The molecular weight excluding hydrogens is 202 g/mol. The summed E-state index contributed by atoms with van der Waals surface area (Å²) in [5.74, 6) is -3.40. The predicted molar refractivity (Wildman–Crippen MR) is 50.9 cm³/mol. The van der Waals surface area contributed by atoms with Crippen molar-refractivity contribution in [1.29, 1.82) is 0 Å². The van der Waals surface area contributed by atoms with E-state index < -0.39 is 23.4 Å². The number of rotatable bonds is 4. The summed E-state index contributed by atoms with van der Waals surface area (Å²) in [6, 6.07) is 0. The van der Waals surface area contributed by atoms with Gasteiger partial charge in [-0.15, -0.1) is 0 Å². The van der Waals surface area contributed by atoms with Gasteiger partial charge in [0, 0.05) is 5.57 Å². The lowest BCUT2D eigenvalue weighted by atomic mass is 10.1. The van der Waals surface area contributed by atoms with Crippen LogP contribution >= 0.6 is 0 Å². The van der Waals surface area contributed by atoms with Crippen molar-refractivity contribution in [2.24, 2.45) is 5.73 Å². The van der Waals surface area contributed by atoms with E-state index in [2.05, 4.69) is 0 Å². The van der Waals surface area contributed by atoms with E-state index in [-0.39, 0.29) is 11.1 Å². The molecule has 0 aromatic carbocycles. The molecule has 4 N–H and O–H groups in total. The number of hydrogen-bond donors (Lipinski definition) is 3. The highest BCUT2D eigenvalue weighted by atomic mass is 16.4. The molecule has 0 spiro atoms. The van der Waals surface area contributed by atoms with Gasteiger partial charge in [-0.25, -0.2) is 9.59 Å². The molecule has 6 heteroatoms. The Morgan fingerprint density at radius 3 is 1.87 bits per heavy atom. The molecule has 82 valence electrons. The summed E-state index contributed by atoms with van der Waals surface area (Å²) in [6.45, 7) is 2.38. The molecule has 0 saturated carbocycles. The van der Waals surface area contributed by atoms with Crippen LogP contribution in [0.2, 0.25) is 0 Å². The molecule has 0 rings (SSSR count). The number of carboxylic acid groups (broad SMARTS) is 2. The van der Waals surface area contributed by atoms with E-state index in [0.29, 0.717) is 0 Å². The first-order valence-electron chi connectivity index (χ1n) is 3.93. The number of nitrogens with two attached hydrogens (primary N) is 1. The molecule has 0 aromatic heterocycles. The summed E-state index contributed by atoms with van der Waals surface area (Å²) in [6.07, 6.45) is 0.782. The Bertz CT molecular complexity index is 378. The van der Waals surface area contributed by atoms with Crippen LogP contribution in [0.15, 0.2) is 22.9 Å². The highest BCUT2D eigenvalue weighted by molar-refractivity contribution is 6.10. The van der Waals surface area contributed by atoms with Crippen molar-refractivity contribution in [2.45, 2.75) is 13.8 Å². The Morgan fingerprint density at radius 2 is 1.53 bits per heavy atom. The topological polar surface area (TPSA) is 118 Å². The minimum absolute atomic E-state index is 0.207. The lowest BCUT2D eigenvalue weighted by molar-refractivity contribution is -0.133. The number of hydrogen-bond acceptors (Lipinski definition) is 4. The summed E-state index contributed by atoms with van der Waals surface area (Å²) >= 11 is 0. The third kappa shape index (κ3) is 3.63. The molecule has 0 atom stereocenters. The normalized spacial score (nSPS) is 13.1. The van der Waals surface area contributed by atoms with Gasteiger partial charge in [0.15, 0.2) is 0 Å². The monoisotopic (exact) mass is 213 g/mol. The Balaban J connectivity index is 5.06. The van der Waals surface area contributed by atoms with Crippen LogP contribution in [0, 0.1) is 0 Å². The van der Waals surface area contributed by atoms with Gasteiger partial charge in [0.1, 0.15) is 0 Å². The van der Waals surface area contributed by atoms with Crippen LogP contribution in [0.5, 0.6) is 0 Å². The van der Waals surface area contributed by atoms with E-state index in [4.69, 9.17) is 15.9 Å². The number of allylic oxidation sites excluding steroid dienone is 1. The van der Waals surface area contributed by atoms with Gasteiger partial charge in [0.05, 0.1) is 11.3 Å². The minimum Gasteiger partial charge on any atom is -0.478 e. The van der Waals surface area contributed by atoms with E-state index in [1.165, 1.54) is 13.8 Å². The average molecular weight is 213 g/mol. The summed E-state index contributed by atoms with van der Waals surface area (Å²) < 4.78 is 0. The molecule has 0 aliphatic heterocycles. The summed E-state index contributed by atoms with van der Waals surface area (Å²) in [4.78, 5) is 32.0. The van der Waals surface area contributed by atoms with E-state index >= 15 is 0 Å². The molecule has 0 heterocycles. The standard InChI is InChI=1S/C9H11NO5/c1-4(8(12)13)3-6(11)7(10)5(2)9(14)15/h3H,10H2,1-2H3,(H,12,13)(H,14,15)/b4-3+,7-5-. The zero-order valence-corrected chi connectivity index (χ0v) is 8.27. The van der Waals surface area contributed by atoms with E-state index in [9.17, 15) is 14.4 Å². The Morgan fingerprint density at radius 1 is 1.07 bits per heavy atom. The van der Waals surface area contributed by atoms with Crippen molar-refractivity contribution in [2.75, 3.05) is 0 Å². The lowest BCUT2D eigenvalue weighted by Gasteiger charge is -1.99. The fraction of sp³-hybridized carbons (Fsp3) is 0.222. The van der Waals surface area contributed by atoms with Crippen LogP contribution in [0.1, 0.15) is 13.8 Å². The van der Waals surface area contributed by atoms with Crippen molar-refractivity contribution >= 4 is 17.7 Å². The zero-order chi connectivity index (χ0) is 12.2. The maximum atomic E-state index is 11.2. The molecule has 0 aliphatic rings. The SMILES string of the molecule is C/C(C(=O)O)=C(/N)C(=O)/C=C(\C)C(=O)O. The Labute approximate surface area is 85.7 Å². The van der Waals surface area contributed by atoms with Crippen molar-refractivity contribution < 1.29 is 24.6 Å². The number of carbonyl (C=O) groups is 3. The molecule has 0 bridgehead atoms. The summed E-state index contributed by atoms with van der Waals surface area (Å²) in [5, 5.41) is 17.0. The van der Waals surface area contributed by atoms with Crippen LogP contribution in [-0.4, -0.2) is 27.9 Å². The van der Waals surface area contributed by atoms with Gasteiger partial charge in [-0.3, -0.25) is 4.79 Å². The van der Waals surface area contributed by atoms with Crippen LogP contribution in [0.3, 0.4) is 0 Å². The fourth-order valence-corrected chi connectivity index (χ4v) is 0.636. The Kier molecular flexibility index (Phi) is 4.25. The number of ketones is 1. The smallest absolute Gasteiger partial charge is 0.333 e. The van der Waals surface area contributed by atoms with Crippen molar-refractivity contribution in [1.82, 2.24) is 0 Å². The fourth-order valence-electron chi connectivity index (χ4n) is 0.636. The molecule has 6 nitrogen and oxygen atoms in total. The summed E-state index contributed by atoms with van der Waals surface area (Å²) in [5.41, 5.74) is 4.23. The molecule has 0 fully saturated rings. The van der Waals surface area contributed by atoms with Crippen LogP contribution in [-0.2, 0) is 14.4 Å².